The maximum Gasteiger partial charge on any atom is 0.193 e. The first-order chi connectivity index (χ1) is 10.1. The fourth-order valence-corrected chi connectivity index (χ4v) is 1.87. The van der Waals surface area contributed by atoms with E-state index in [0.717, 1.165) is 0 Å². The van der Waals surface area contributed by atoms with Gasteiger partial charge in [-0.15, -0.1) is 0 Å². The number of hydrogen-bond donors (Lipinski definition) is 2. The Morgan fingerprint density at radius 3 is 2.43 bits per heavy atom. The molecule has 0 bridgehead atoms. The zero-order chi connectivity index (χ0) is 15.4. The molecule has 0 aliphatic heterocycles. The second kappa shape index (κ2) is 6.04. The van der Waals surface area contributed by atoms with Gasteiger partial charge in [0.15, 0.2) is 11.6 Å². The number of nitrogens with zero attached hydrogens (tertiary/aromatic N) is 1. The molecule has 2 aromatic carbocycles. The maximum atomic E-state index is 12.9. The minimum absolute atomic E-state index is 0.192. The third-order valence-corrected chi connectivity index (χ3v) is 2.96. The highest BCUT2D eigenvalue weighted by molar-refractivity contribution is 6.16. The van der Waals surface area contributed by atoms with Crippen LogP contribution in [0.1, 0.15) is 21.5 Å². The number of hydrogen-bond acceptors (Lipinski definition) is 4. The molecule has 0 fully saturated rings. The predicted molar refractivity (Wildman–Crippen MR) is 75.3 cm³/mol. The molecule has 0 heterocycles. The van der Waals surface area contributed by atoms with Crippen molar-refractivity contribution < 1.29 is 19.1 Å². The molecule has 0 amide bonds. The van der Waals surface area contributed by atoms with Crippen LogP contribution in [-0.4, -0.2) is 23.9 Å². The molecular formula is C15H13FN2O3. The molecule has 0 radical (unpaired) electrons. The van der Waals surface area contributed by atoms with E-state index in [4.69, 9.17) is 15.7 Å². The van der Waals surface area contributed by atoms with E-state index in [1.54, 1.807) is 6.07 Å². The van der Waals surface area contributed by atoms with Crippen LogP contribution in [0.5, 0.6) is 5.75 Å². The molecule has 0 aliphatic rings. The number of rotatable bonds is 4. The second-order valence-corrected chi connectivity index (χ2v) is 4.23. The lowest BCUT2D eigenvalue weighted by molar-refractivity contribution is 0.103. The van der Waals surface area contributed by atoms with E-state index in [2.05, 4.69) is 5.16 Å². The van der Waals surface area contributed by atoms with Crippen LogP contribution in [0.3, 0.4) is 0 Å². The summed E-state index contributed by atoms with van der Waals surface area (Å²) in [6.45, 7) is 0. The first kappa shape index (κ1) is 14.5. The van der Waals surface area contributed by atoms with Gasteiger partial charge in [0.25, 0.3) is 0 Å². The van der Waals surface area contributed by atoms with Gasteiger partial charge in [-0.05, 0) is 42.5 Å². The molecule has 0 aromatic heterocycles. The summed E-state index contributed by atoms with van der Waals surface area (Å²) in [5.41, 5.74) is 6.34. The summed E-state index contributed by atoms with van der Waals surface area (Å²) in [5, 5.41) is 11.7. The highest BCUT2D eigenvalue weighted by Crippen LogP contribution is 2.21. The summed E-state index contributed by atoms with van der Waals surface area (Å²) in [7, 11) is 1.46. The van der Waals surface area contributed by atoms with Gasteiger partial charge in [-0.3, -0.25) is 4.79 Å². The van der Waals surface area contributed by atoms with Gasteiger partial charge >= 0.3 is 0 Å². The van der Waals surface area contributed by atoms with Gasteiger partial charge in [-0.1, -0.05) is 5.16 Å². The molecule has 5 nitrogen and oxygen atoms in total. The molecule has 0 unspecified atom stereocenters. The lowest BCUT2D eigenvalue weighted by Crippen LogP contribution is -2.18. The van der Waals surface area contributed by atoms with E-state index >= 15 is 0 Å². The largest absolute Gasteiger partial charge is 0.497 e. The molecule has 2 rings (SSSR count). The molecule has 0 saturated heterocycles. The Hall–Kier alpha value is -2.89. The third kappa shape index (κ3) is 3.00. The van der Waals surface area contributed by atoms with Crippen LogP contribution in [0.25, 0.3) is 0 Å². The monoisotopic (exact) mass is 288 g/mol. The van der Waals surface area contributed by atoms with E-state index < -0.39 is 5.82 Å². The zero-order valence-electron chi connectivity index (χ0n) is 11.2. The van der Waals surface area contributed by atoms with Crippen LogP contribution < -0.4 is 10.5 Å². The quantitative estimate of drug-likeness (QED) is 0.297. The fourth-order valence-electron chi connectivity index (χ4n) is 1.87. The molecule has 21 heavy (non-hydrogen) atoms. The molecule has 108 valence electrons. The van der Waals surface area contributed by atoms with Gasteiger partial charge in [0.05, 0.1) is 7.11 Å². The van der Waals surface area contributed by atoms with Crippen molar-refractivity contribution in [2.75, 3.05) is 7.11 Å². The number of ketones is 1. The Morgan fingerprint density at radius 1 is 1.19 bits per heavy atom. The Morgan fingerprint density at radius 2 is 1.86 bits per heavy atom. The number of methoxy groups -OCH3 is 1. The van der Waals surface area contributed by atoms with Crippen molar-refractivity contribution in [3.05, 3.63) is 65.0 Å². The van der Waals surface area contributed by atoms with Gasteiger partial charge in [0.2, 0.25) is 0 Å². The Labute approximate surface area is 120 Å². The average molecular weight is 288 g/mol. The summed E-state index contributed by atoms with van der Waals surface area (Å²) in [5.74, 6) is -0.553. The molecule has 6 heteroatoms. The highest BCUT2D eigenvalue weighted by atomic mass is 19.1. The number of oxime groups is 1. The predicted octanol–water partition coefficient (Wildman–Crippen LogP) is 2.16. The summed E-state index contributed by atoms with van der Waals surface area (Å²) in [6.07, 6.45) is 0. The SMILES string of the molecule is COc1ccc(C(N)=NO)c(C(=O)c2ccc(F)cc2)c1. The first-order valence-electron chi connectivity index (χ1n) is 6.03. The van der Waals surface area contributed by atoms with Crippen molar-refractivity contribution >= 4 is 11.6 Å². The standard InChI is InChI=1S/C15H13FN2O3/c1-21-11-6-7-12(15(17)18-20)13(8-11)14(19)9-2-4-10(16)5-3-9/h2-8,20H,1H3,(H2,17,18). The van der Waals surface area contributed by atoms with E-state index in [0.29, 0.717) is 5.75 Å². The molecule has 0 atom stereocenters. The van der Waals surface area contributed by atoms with Crippen molar-refractivity contribution in [3.8, 4) is 5.75 Å². The van der Waals surface area contributed by atoms with Gasteiger partial charge in [-0.2, -0.15) is 0 Å². The van der Waals surface area contributed by atoms with Crippen LogP contribution in [0, 0.1) is 5.82 Å². The zero-order valence-corrected chi connectivity index (χ0v) is 11.2. The van der Waals surface area contributed by atoms with E-state index in [1.165, 1.54) is 43.5 Å². The summed E-state index contributed by atoms with van der Waals surface area (Å²) in [6, 6.07) is 9.71. The van der Waals surface area contributed by atoms with Gasteiger partial charge in [-0.25, -0.2) is 4.39 Å². The Bertz CT molecular complexity index is 697. The normalized spacial score (nSPS) is 11.2. The van der Waals surface area contributed by atoms with Gasteiger partial charge in [0, 0.05) is 16.7 Å². The van der Waals surface area contributed by atoms with Crippen LogP contribution in [0.2, 0.25) is 0 Å². The molecule has 2 aromatic rings. The van der Waals surface area contributed by atoms with E-state index in [-0.39, 0.29) is 28.3 Å². The first-order valence-corrected chi connectivity index (χ1v) is 6.03. The van der Waals surface area contributed by atoms with Crippen molar-refractivity contribution in [2.45, 2.75) is 0 Å². The summed E-state index contributed by atoms with van der Waals surface area (Å²) in [4.78, 5) is 12.5. The second-order valence-electron chi connectivity index (χ2n) is 4.23. The Kier molecular flexibility index (Phi) is 4.18. The maximum absolute atomic E-state index is 12.9. The number of benzene rings is 2. The molecule has 0 spiro atoms. The van der Waals surface area contributed by atoms with E-state index in [1.807, 2.05) is 0 Å². The van der Waals surface area contributed by atoms with Crippen molar-refractivity contribution in [1.29, 1.82) is 0 Å². The van der Waals surface area contributed by atoms with Crippen LogP contribution in [0.4, 0.5) is 4.39 Å². The minimum Gasteiger partial charge on any atom is -0.497 e. The topological polar surface area (TPSA) is 84.9 Å². The minimum atomic E-state index is -0.436. The molecule has 3 N–H and O–H groups in total. The van der Waals surface area contributed by atoms with Crippen molar-refractivity contribution in [1.82, 2.24) is 0 Å². The number of carbonyl (C=O) groups is 1. The summed E-state index contributed by atoms with van der Waals surface area (Å²) >= 11 is 0. The summed E-state index contributed by atoms with van der Waals surface area (Å²) < 4.78 is 18.0. The van der Waals surface area contributed by atoms with Crippen LogP contribution >= 0.6 is 0 Å². The highest BCUT2D eigenvalue weighted by Gasteiger charge is 2.17. The van der Waals surface area contributed by atoms with Gasteiger partial charge < -0.3 is 15.7 Å². The van der Waals surface area contributed by atoms with Crippen molar-refractivity contribution in [2.24, 2.45) is 10.9 Å². The third-order valence-electron chi connectivity index (χ3n) is 2.96. The lowest BCUT2D eigenvalue weighted by Gasteiger charge is -2.10. The average Bonchev–Trinajstić information content (AvgIpc) is 2.53. The Balaban J connectivity index is 2.54. The lowest BCUT2D eigenvalue weighted by atomic mass is 9.97. The van der Waals surface area contributed by atoms with Crippen molar-refractivity contribution in [3.63, 3.8) is 0 Å². The number of nitrogens with two attached hydrogens (primary N) is 1. The fraction of sp³-hybridized carbons (Fsp3) is 0.0667. The molecular weight excluding hydrogens is 275 g/mol. The number of ether oxygens (including phenoxy) is 1. The smallest absolute Gasteiger partial charge is 0.193 e. The number of carbonyl (C=O) groups excluding carboxylic acids is 1. The number of amidine groups is 1. The van der Waals surface area contributed by atoms with Crippen LogP contribution in [0.15, 0.2) is 47.6 Å². The van der Waals surface area contributed by atoms with Crippen LogP contribution in [-0.2, 0) is 0 Å². The number of halogens is 1. The molecule has 0 aliphatic carbocycles. The van der Waals surface area contributed by atoms with E-state index in [9.17, 15) is 9.18 Å². The molecule has 0 saturated carbocycles. The van der Waals surface area contributed by atoms with Gasteiger partial charge in [0.1, 0.15) is 11.6 Å².